The van der Waals surface area contributed by atoms with E-state index in [9.17, 15) is 8.78 Å². The first kappa shape index (κ1) is 16.3. The lowest BCUT2D eigenvalue weighted by molar-refractivity contribution is -0.0524. The molecule has 0 amide bonds. The summed E-state index contributed by atoms with van der Waals surface area (Å²) in [5.74, 6) is -0.131. The molecule has 3 nitrogen and oxygen atoms in total. The van der Waals surface area contributed by atoms with Crippen molar-refractivity contribution in [3.05, 3.63) is 77.2 Å². The Kier molecular flexibility index (Phi) is 5.01. The Hall–Kier alpha value is -2.53. The molecule has 0 unspecified atom stereocenters. The van der Waals surface area contributed by atoms with E-state index in [2.05, 4.69) is 20.8 Å². The average molecular weight is 346 g/mol. The molecule has 0 saturated carbocycles. The lowest BCUT2D eigenvalue weighted by Gasteiger charge is -2.12. The summed E-state index contributed by atoms with van der Waals surface area (Å²) in [6.45, 7) is -2.95. The van der Waals surface area contributed by atoms with E-state index in [4.69, 9.17) is 11.6 Å². The third-order valence-electron chi connectivity index (χ3n) is 3.31. The van der Waals surface area contributed by atoms with Crippen molar-refractivity contribution in [1.29, 1.82) is 0 Å². The maximum atomic E-state index is 12.6. The molecule has 0 spiro atoms. The second-order valence-corrected chi connectivity index (χ2v) is 5.49. The van der Waals surface area contributed by atoms with Gasteiger partial charge in [-0.2, -0.15) is 8.78 Å². The molecule has 3 aromatic rings. The summed E-state index contributed by atoms with van der Waals surface area (Å²) < 4.78 is 29.8. The zero-order valence-corrected chi connectivity index (χ0v) is 13.2. The highest BCUT2D eigenvalue weighted by molar-refractivity contribution is 6.30. The first-order chi connectivity index (χ1) is 11.6. The summed E-state index contributed by atoms with van der Waals surface area (Å²) in [7, 11) is 0. The van der Waals surface area contributed by atoms with E-state index in [1.54, 1.807) is 42.7 Å². The first-order valence-electron chi connectivity index (χ1n) is 7.11. The quantitative estimate of drug-likeness (QED) is 0.667. The molecule has 6 heteroatoms. The van der Waals surface area contributed by atoms with Crippen LogP contribution in [0.2, 0.25) is 5.02 Å². The van der Waals surface area contributed by atoms with Crippen LogP contribution in [0, 0.1) is 6.07 Å². The highest BCUT2D eigenvalue weighted by Crippen LogP contribution is 2.32. The van der Waals surface area contributed by atoms with Crippen molar-refractivity contribution in [3.63, 3.8) is 0 Å². The number of hydrogen-bond acceptors (Lipinski definition) is 3. The van der Waals surface area contributed by atoms with Crippen LogP contribution in [-0.4, -0.2) is 16.6 Å². The Bertz CT molecular complexity index is 828. The van der Waals surface area contributed by atoms with Crippen LogP contribution in [0.1, 0.15) is 11.1 Å². The molecule has 0 N–H and O–H groups in total. The minimum absolute atomic E-state index is 0.131. The van der Waals surface area contributed by atoms with Crippen LogP contribution in [0.15, 0.2) is 55.0 Å². The summed E-state index contributed by atoms with van der Waals surface area (Å²) in [6.07, 6.45) is 5.36. The summed E-state index contributed by atoms with van der Waals surface area (Å²) >= 11 is 6.00. The summed E-state index contributed by atoms with van der Waals surface area (Å²) in [4.78, 5) is 8.06. The number of benzene rings is 1. The number of hydrogen-bond donors (Lipinski definition) is 0. The summed E-state index contributed by atoms with van der Waals surface area (Å²) in [5.41, 5.74) is 2.90. The second-order valence-electron chi connectivity index (χ2n) is 5.06. The summed E-state index contributed by atoms with van der Waals surface area (Å²) in [6, 6.07) is 13.4. The molecule has 1 aromatic carbocycles. The van der Waals surface area contributed by atoms with Gasteiger partial charge in [0.1, 0.15) is 0 Å². The first-order valence-corrected chi connectivity index (χ1v) is 7.49. The fourth-order valence-corrected chi connectivity index (χ4v) is 2.51. The van der Waals surface area contributed by atoms with Gasteiger partial charge in [-0.3, -0.25) is 4.98 Å². The number of aromatic nitrogens is 2. The van der Waals surface area contributed by atoms with Crippen molar-refractivity contribution >= 4 is 11.6 Å². The van der Waals surface area contributed by atoms with E-state index in [-0.39, 0.29) is 5.88 Å². The van der Waals surface area contributed by atoms with E-state index in [1.807, 2.05) is 6.07 Å². The van der Waals surface area contributed by atoms with E-state index < -0.39 is 6.61 Å². The van der Waals surface area contributed by atoms with Gasteiger partial charge in [0.15, 0.2) is 0 Å². The van der Waals surface area contributed by atoms with Gasteiger partial charge in [0.25, 0.3) is 0 Å². The molecule has 3 rings (SSSR count). The monoisotopic (exact) mass is 345 g/mol. The van der Waals surface area contributed by atoms with E-state index in [0.717, 1.165) is 11.1 Å². The predicted molar refractivity (Wildman–Crippen MR) is 87.2 cm³/mol. The minimum Gasteiger partial charge on any atom is -0.416 e. The van der Waals surface area contributed by atoms with Crippen LogP contribution in [0.5, 0.6) is 5.88 Å². The Labute approximate surface area is 142 Å². The third-order valence-corrected chi connectivity index (χ3v) is 3.55. The Morgan fingerprint density at radius 1 is 1.17 bits per heavy atom. The topological polar surface area (TPSA) is 35.0 Å². The average Bonchev–Trinajstić information content (AvgIpc) is 2.57. The summed E-state index contributed by atoms with van der Waals surface area (Å²) in [5, 5.41) is 0.503. The van der Waals surface area contributed by atoms with Crippen LogP contribution >= 0.6 is 11.6 Å². The fourth-order valence-electron chi connectivity index (χ4n) is 2.32. The van der Waals surface area contributed by atoms with Crippen LogP contribution in [0.25, 0.3) is 11.1 Å². The lowest BCUT2D eigenvalue weighted by Crippen LogP contribution is -2.05. The van der Waals surface area contributed by atoms with Gasteiger partial charge in [-0.25, -0.2) is 4.98 Å². The van der Waals surface area contributed by atoms with Gasteiger partial charge in [-0.1, -0.05) is 23.7 Å². The maximum Gasteiger partial charge on any atom is 0.388 e. The fraction of sp³-hybridized carbons (Fsp3) is 0.111. The smallest absolute Gasteiger partial charge is 0.388 e. The van der Waals surface area contributed by atoms with Crippen molar-refractivity contribution < 1.29 is 13.5 Å². The highest BCUT2D eigenvalue weighted by Gasteiger charge is 2.14. The van der Waals surface area contributed by atoms with Gasteiger partial charge in [-0.15, -0.1) is 0 Å². The number of ether oxygens (including phenoxy) is 1. The number of nitrogens with zero attached hydrogens (tertiary/aromatic N) is 2. The zero-order chi connectivity index (χ0) is 16.9. The van der Waals surface area contributed by atoms with Gasteiger partial charge in [0.05, 0.1) is 0 Å². The van der Waals surface area contributed by atoms with E-state index in [0.29, 0.717) is 22.6 Å². The Morgan fingerprint density at radius 3 is 2.75 bits per heavy atom. The number of halogens is 3. The number of rotatable bonds is 5. The van der Waals surface area contributed by atoms with E-state index in [1.165, 1.54) is 6.20 Å². The highest BCUT2D eigenvalue weighted by atomic mass is 35.5. The predicted octanol–water partition coefficient (Wildman–Crippen LogP) is 4.79. The van der Waals surface area contributed by atoms with Gasteiger partial charge in [0.2, 0.25) is 5.88 Å². The van der Waals surface area contributed by atoms with Crippen molar-refractivity contribution in [2.45, 2.75) is 13.0 Å². The van der Waals surface area contributed by atoms with Crippen molar-refractivity contribution in [2.24, 2.45) is 0 Å². The Morgan fingerprint density at radius 2 is 2.04 bits per heavy atom. The molecule has 0 bridgehead atoms. The van der Waals surface area contributed by atoms with Gasteiger partial charge in [0, 0.05) is 41.7 Å². The molecule has 2 heterocycles. The largest absolute Gasteiger partial charge is 0.416 e. The molecule has 24 heavy (non-hydrogen) atoms. The molecule has 2 aromatic heterocycles. The zero-order valence-electron chi connectivity index (χ0n) is 12.4. The van der Waals surface area contributed by atoms with Gasteiger partial charge in [-0.05, 0) is 41.0 Å². The lowest BCUT2D eigenvalue weighted by atomic mass is 10.0. The van der Waals surface area contributed by atoms with E-state index >= 15 is 0 Å². The van der Waals surface area contributed by atoms with Crippen molar-refractivity contribution in [1.82, 2.24) is 9.97 Å². The molecule has 0 aliphatic carbocycles. The molecule has 0 saturated heterocycles. The molecule has 0 aliphatic heterocycles. The normalized spacial score (nSPS) is 10.8. The molecular weight excluding hydrogens is 334 g/mol. The molecule has 0 fully saturated rings. The molecule has 121 valence electrons. The molecule has 0 aliphatic rings. The molecular formula is C18H12ClF2N2O. The van der Waals surface area contributed by atoms with Crippen LogP contribution in [0.3, 0.4) is 0 Å². The SMILES string of the molecule is FC(F)Oc1ncc(Cc2c[c]cnc2)cc1-c1cccc(Cl)c1. The standard InChI is InChI=1S/C18H12ClF2N2O/c19-15-5-1-4-14(9-15)16-8-13(7-12-3-2-6-22-10-12)11-23-17(16)24-18(20)21/h1,3-6,8-11,18H,7H2. The van der Waals surface area contributed by atoms with Crippen molar-refractivity contribution in [2.75, 3.05) is 0 Å². The van der Waals surface area contributed by atoms with Crippen LogP contribution < -0.4 is 4.74 Å². The number of alkyl halides is 2. The van der Waals surface area contributed by atoms with Crippen LogP contribution in [0.4, 0.5) is 8.78 Å². The molecule has 0 atom stereocenters. The maximum absolute atomic E-state index is 12.6. The Balaban J connectivity index is 2.00. The minimum atomic E-state index is -2.95. The third kappa shape index (κ3) is 4.06. The second kappa shape index (κ2) is 7.36. The van der Waals surface area contributed by atoms with Crippen LogP contribution in [-0.2, 0) is 6.42 Å². The van der Waals surface area contributed by atoms with Crippen molar-refractivity contribution in [3.8, 4) is 17.0 Å². The molecule has 1 radical (unpaired) electrons. The van der Waals surface area contributed by atoms with Gasteiger partial charge < -0.3 is 4.74 Å². The number of pyridine rings is 2. The van der Waals surface area contributed by atoms with Gasteiger partial charge >= 0.3 is 6.61 Å².